The predicted molar refractivity (Wildman–Crippen MR) is 124 cm³/mol. The van der Waals surface area contributed by atoms with E-state index < -0.39 is 0 Å². The lowest BCUT2D eigenvalue weighted by Crippen LogP contribution is -2.33. The molecule has 0 aliphatic rings. The van der Waals surface area contributed by atoms with Gasteiger partial charge in [-0.3, -0.25) is 14.3 Å². The summed E-state index contributed by atoms with van der Waals surface area (Å²) in [6.45, 7) is 3.96. The molecule has 0 N–H and O–H groups in total. The second kappa shape index (κ2) is 9.64. The minimum absolute atomic E-state index is 0.000867. The Morgan fingerprint density at radius 1 is 1.00 bits per heavy atom. The van der Waals surface area contributed by atoms with Gasteiger partial charge in [-0.1, -0.05) is 41.6 Å². The molecule has 0 saturated heterocycles. The SMILES string of the molecule is CC(Sc1nnc(C(C)N(C)C)n1-c1ccc(Cl)cc1)C(=O)N(C)c1ccccc1. The summed E-state index contributed by atoms with van der Waals surface area (Å²) in [6.07, 6.45) is 0. The number of anilines is 1. The van der Waals surface area contributed by atoms with Gasteiger partial charge in [0.15, 0.2) is 11.0 Å². The molecular weight excluding hydrogens is 418 g/mol. The summed E-state index contributed by atoms with van der Waals surface area (Å²) in [5.41, 5.74) is 1.77. The lowest BCUT2D eigenvalue weighted by atomic mass is 10.2. The number of carbonyl (C=O) groups excluding carboxylic acids is 1. The fraction of sp³-hybridized carbons (Fsp3) is 0.318. The number of amides is 1. The van der Waals surface area contributed by atoms with Crippen LogP contribution in [-0.2, 0) is 4.79 Å². The Hall–Kier alpha value is -2.35. The van der Waals surface area contributed by atoms with Crippen molar-refractivity contribution in [2.45, 2.75) is 30.3 Å². The maximum Gasteiger partial charge on any atom is 0.240 e. The Bertz CT molecular complexity index is 991. The first kappa shape index (κ1) is 22.3. The van der Waals surface area contributed by atoms with Crippen LogP contribution in [0.5, 0.6) is 0 Å². The number of thioether (sulfide) groups is 1. The molecule has 0 fully saturated rings. The van der Waals surface area contributed by atoms with Gasteiger partial charge in [0.05, 0.1) is 11.3 Å². The van der Waals surface area contributed by atoms with E-state index in [0.717, 1.165) is 17.2 Å². The number of para-hydroxylation sites is 1. The normalized spacial score (nSPS) is 13.3. The van der Waals surface area contributed by atoms with Crippen molar-refractivity contribution in [3.05, 3.63) is 65.4 Å². The summed E-state index contributed by atoms with van der Waals surface area (Å²) in [7, 11) is 5.79. The van der Waals surface area contributed by atoms with Crippen LogP contribution in [0.15, 0.2) is 59.8 Å². The van der Waals surface area contributed by atoms with Crippen LogP contribution in [0, 0.1) is 0 Å². The number of rotatable bonds is 7. The molecule has 1 aromatic heterocycles. The van der Waals surface area contributed by atoms with E-state index in [1.54, 1.807) is 11.9 Å². The lowest BCUT2D eigenvalue weighted by molar-refractivity contribution is -0.117. The fourth-order valence-corrected chi connectivity index (χ4v) is 4.05. The second-order valence-corrected chi connectivity index (χ2v) is 9.03. The molecule has 2 aromatic carbocycles. The lowest BCUT2D eigenvalue weighted by Gasteiger charge is -2.22. The Labute approximate surface area is 186 Å². The molecule has 2 unspecified atom stereocenters. The zero-order valence-electron chi connectivity index (χ0n) is 17.8. The van der Waals surface area contributed by atoms with Gasteiger partial charge in [0, 0.05) is 23.4 Å². The van der Waals surface area contributed by atoms with Crippen molar-refractivity contribution in [1.82, 2.24) is 19.7 Å². The molecule has 2 atom stereocenters. The quantitative estimate of drug-likeness (QED) is 0.496. The van der Waals surface area contributed by atoms with Gasteiger partial charge in [-0.15, -0.1) is 10.2 Å². The average molecular weight is 444 g/mol. The summed E-state index contributed by atoms with van der Waals surface area (Å²) in [6, 6.07) is 17.2. The largest absolute Gasteiger partial charge is 0.315 e. The molecular formula is C22H26ClN5OS. The molecule has 6 nitrogen and oxygen atoms in total. The van der Waals surface area contributed by atoms with E-state index in [9.17, 15) is 4.79 Å². The summed E-state index contributed by atoms with van der Waals surface area (Å²) in [5, 5.41) is 9.86. The molecule has 0 saturated carbocycles. The number of hydrogen-bond acceptors (Lipinski definition) is 5. The van der Waals surface area contributed by atoms with Crippen molar-refractivity contribution in [3.63, 3.8) is 0 Å². The van der Waals surface area contributed by atoms with E-state index in [0.29, 0.717) is 10.2 Å². The summed E-state index contributed by atoms with van der Waals surface area (Å²) in [5.74, 6) is 0.806. The van der Waals surface area contributed by atoms with Gasteiger partial charge in [-0.25, -0.2) is 0 Å². The number of hydrogen-bond donors (Lipinski definition) is 0. The third-order valence-corrected chi connectivity index (χ3v) is 6.28. The highest BCUT2D eigenvalue weighted by Gasteiger charge is 2.26. The van der Waals surface area contributed by atoms with Gasteiger partial charge in [-0.2, -0.15) is 0 Å². The van der Waals surface area contributed by atoms with Gasteiger partial charge in [-0.05, 0) is 64.3 Å². The van der Waals surface area contributed by atoms with E-state index in [2.05, 4.69) is 22.0 Å². The standard InChI is InChI=1S/C22H26ClN5OS/c1-15(26(3)4)20-24-25-22(28(20)19-13-11-17(23)12-14-19)30-16(2)21(29)27(5)18-9-7-6-8-10-18/h6-16H,1-5H3. The monoisotopic (exact) mass is 443 g/mol. The third kappa shape index (κ3) is 4.86. The Morgan fingerprint density at radius 3 is 2.23 bits per heavy atom. The van der Waals surface area contributed by atoms with Crippen molar-refractivity contribution >= 4 is 35.0 Å². The van der Waals surface area contributed by atoms with Crippen molar-refractivity contribution < 1.29 is 4.79 Å². The molecule has 0 aliphatic heterocycles. The smallest absolute Gasteiger partial charge is 0.240 e. The summed E-state index contributed by atoms with van der Waals surface area (Å²) >= 11 is 7.48. The van der Waals surface area contributed by atoms with Crippen LogP contribution in [0.3, 0.4) is 0 Å². The van der Waals surface area contributed by atoms with Gasteiger partial charge in [0.1, 0.15) is 0 Å². The maximum atomic E-state index is 13.0. The van der Waals surface area contributed by atoms with Crippen LogP contribution in [0.2, 0.25) is 5.02 Å². The molecule has 3 rings (SSSR count). The molecule has 0 bridgehead atoms. The van der Waals surface area contributed by atoms with E-state index in [1.807, 2.05) is 80.2 Å². The van der Waals surface area contributed by atoms with Crippen LogP contribution >= 0.6 is 23.4 Å². The van der Waals surface area contributed by atoms with Crippen LogP contribution in [0.1, 0.15) is 25.7 Å². The Balaban J connectivity index is 1.91. The van der Waals surface area contributed by atoms with Gasteiger partial charge in [0.25, 0.3) is 0 Å². The Morgan fingerprint density at radius 2 is 1.63 bits per heavy atom. The highest BCUT2D eigenvalue weighted by atomic mass is 35.5. The van der Waals surface area contributed by atoms with Gasteiger partial charge >= 0.3 is 0 Å². The third-order valence-electron chi connectivity index (χ3n) is 5.00. The zero-order chi connectivity index (χ0) is 21.8. The van der Waals surface area contributed by atoms with Crippen LogP contribution < -0.4 is 4.90 Å². The highest BCUT2D eigenvalue weighted by molar-refractivity contribution is 8.00. The molecule has 8 heteroatoms. The first-order valence-electron chi connectivity index (χ1n) is 9.66. The minimum Gasteiger partial charge on any atom is -0.315 e. The highest BCUT2D eigenvalue weighted by Crippen LogP contribution is 2.30. The first-order chi connectivity index (χ1) is 14.3. The molecule has 1 amide bonds. The second-order valence-electron chi connectivity index (χ2n) is 7.29. The molecule has 0 radical (unpaired) electrons. The molecule has 3 aromatic rings. The van der Waals surface area contributed by atoms with Crippen LogP contribution in [0.4, 0.5) is 5.69 Å². The van der Waals surface area contributed by atoms with E-state index in [1.165, 1.54) is 11.8 Å². The molecule has 0 spiro atoms. The molecule has 30 heavy (non-hydrogen) atoms. The van der Waals surface area contributed by atoms with Gasteiger partial charge in [0.2, 0.25) is 5.91 Å². The Kier molecular flexibility index (Phi) is 7.18. The number of halogens is 1. The zero-order valence-corrected chi connectivity index (χ0v) is 19.4. The van der Waals surface area contributed by atoms with Crippen molar-refractivity contribution in [2.24, 2.45) is 0 Å². The molecule has 158 valence electrons. The van der Waals surface area contributed by atoms with E-state index in [4.69, 9.17) is 11.6 Å². The summed E-state index contributed by atoms with van der Waals surface area (Å²) in [4.78, 5) is 16.8. The first-order valence-corrected chi connectivity index (χ1v) is 10.9. The molecule has 1 heterocycles. The van der Waals surface area contributed by atoms with Crippen molar-refractivity contribution in [1.29, 1.82) is 0 Å². The molecule has 0 aliphatic carbocycles. The average Bonchev–Trinajstić information content (AvgIpc) is 3.16. The maximum absolute atomic E-state index is 13.0. The minimum atomic E-state index is -0.340. The topological polar surface area (TPSA) is 54.3 Å². The van der Waals surface area contributed by atoms with E-state index in [-0.39, 0.29) is 17.2 Å². The number of aromatic nitrogens is 3. The van der Waals surface area contributed by atoms with Crippen LogP contribution in [0.25, 0.3) is 5.69 Å². The fourth-order valence-electron chi connectivity index (χ4n) is 2.95. The van der Waals surface area contributed by atoms with Gasteiger partial charge < -0.3 is 4.90 Å². The van der Waals surface area contributed by atoms with Crippen LogP contribution in [-0.4, -0.2) is 52.0 Å². The van der Waals surface area contributed by atoms with Crippen molar-refractivity contribution in [3.8, 4) is 5.69 Å². The summed E-state index contributed by atoms with van der Waals surface area (Å²) < 4.78 is 2.00. The van der Waals surface area contributed by atoms with Crippen molar-refractivity contribution in [2.75, 3.05) is 26.0 Å². The predicted octanol–water partition coefficient (Wildman–Crippen LogP) is 4.69. The number of nitrogens with zero attached hydrogens (tertiary/aromatic N) is 5. The number of benzene rings is 2. The van der Waals surface area contributed by atoms with E-state index >= 15 is 0 Å². The number of carbonyl (C=O) groups is 1.